The van der Waals surface area contributed by atoms with Crippen LogP contribution < -0.4 is 0 Å². The highest BCUT2D eigenvalue weighted by atomic mass is 16.5. The molecule has 2 rings (SSSR count). The zero-order valence-corrected chi connectivity index (χ0v) is 9.47. The Morgan fingerprint density at radius 3 is 2.88 bits per heavy atom. The summed E-state index contributed by atoms with van der Waals surface area (Å²) in [6.07, 6.45) is 10.9. The molecule has 88 valence electrons. The lowest BCUT2D eigenvalue weighted by atomic mass is 9.89. The summed E-state index contributed by atoms with van der Waals surface area (Å²) in [4.78, 5) is 15.6. The Bertz CT molecular complexity index is 316. The van der Waals surface area contributed by atoms with E-state index in [0.717, 1.165) is 12.8 Å². The van der Waals surface area contributed by atoms with Gasteiger partial charge in [-0.25, -0.2) is 4.98 Å². The molecule has 16 heavy (non-hydrogen) atoms. The van der Waals surface area contributed by atoms with Gasteiger partial charge in [-0.05, 0) is 12.8 Å². The minimum atomic E-state index is -0.0141. The summed E-state index contributed by atoms with van der Waals surface area (Å²) >= 11 is 0. The highest BCUT2D eigenvalue weighted by Gasteiger charge is 2.22. The smallest absolute Gasteiger partial charge is 0.308 e. The van der Waals surface area contributed by atoms with Gasteiger partial charge in [-0.3, -0.25) is 4.79 Å². The van der Waals surface area contributed by atoms with Crippen molar-refractivity contribution in [3.05, 3.63) is 18.7 Å². The molecule has 1 fully saturated rings. The normalized spacial score (nSPS) is 17.2. The van der Waals surface area contributed by atoms with E-state index in [4.69, 9.17) is 4.74 Å². The van der Waals surface area contributed by atoms with Crippen LogP contribution in [0.3, 0.4) is 0 Å². The fraction of sp³-hybridized carbons (Fsp3) is 0.667. The number of hydrogen-bond donors (Lipinski definition) is 0. The molecule has 1 aromatic heterocycles. The van der Waals surface area contributed by atoms with Crippen molar-refractivity contribution in [2.24, 2.45) is 5.92 Å². The predicted molar refractivity (Wildman–Crippen MR) is 59.8 cm³/mol. The number of imidazole rings is 1. The average Bonchev–Trinajstić information content (AvgIpc) is 2.83. The Balaban J connectivity index is 1.67. The number of aromatic nitrogens is 2. The number of rotatable bonds is 4. The van der Waals surface area contributed by atoms with Gasteiger partial charge < -0.3 is 9.30 Å². The molecular formula is C12H18N2O2. The lowest BCUT2D eigenvalue weighted by Gasteiger charge is -2.19. The van der Waals surface area contributed by atoms with Gasteiger partial charge in [-0.1, -0.05) is 19.3 Å². The van der Waals surface area contributed by atoms with Crippen molar-refractivity contribution in [3.63, 3.8) is 0 Å². The van der Waals surface area contributed by atoms with Crippen LogP contribution in [0, 0.1) is 5.92 Å². The molecule has 0 aromatic carbocycles. The fourth-order valence-corrected chi connectivity index (χ4v) is 2.13. The number of carbonyl (C=O) groups excluding carboxylic acids is 1. The topological polar surface area (TPSA) is 44.1 Å². The average molecular weight is 222 g/mol. The van der Waals surface area contributed by atoms with Crippen LogP contribution in [0.1, 0.15) is 32.1 Å². The molecule has 1 aliphatic carbocycles. The number of hydrogen-bond acceptors (Lipinski definition) is 3. The van der Waals surface area contributed by atoms with Gasteiger partial charge in [-0.2, -0.15) is 0 Å². The molecule has 0 bridgehead atoms. The molecule has 0 amide bonds. The Labute approximate surface area is 95.6 Å². The van der Waals surface area contributed by atoms with Crippen molar-refractivity contribution in [2.45, 2.75) is 38.6 Å². The molecule has 0 unspecified atom stereocenters. The molecule has 1 saturated carbocycles. The van der Waals surface area contributed by atoms with Crippen molar-refractivity contribution < 1.29 is 9.53 Å². The first-order chi connectivity index (χ1) is 7.86. The molecule has 0 radical (unpaired) electrons. The fourth-order valence-electron chi connectivity index (χ4n) is 2.13. The van der Waals surface area contributed by atoms with Crippen LogP contribution >= 0.6 is 0 Å². The van der Waals surface area contributed by atoms with Gasteiger partial charge in [0.15, 0.2) is 0 Å². The monoisotopic (exact) mass is 222 g/mol. The van der Waals surface area contributed by atoms with E-state index in [0.29, 0.717) is 13.2 Å². The van der Waals surface area contributed by atoms with Crippen LogP contribution in [0.2, 0.25) is 0 Å². The molecule has 0 atom stereocenters. The van der Waals surface area contributed by atoms with Crippen molar-refractivity contribution in [2.75, 3.05) is 6.61 Å². The Hall–Kier alpha value is -1.32. The van der Waals surface area contributed by atoms with Gasteiger partial charge in [0.05, 0.1) is 18.8 Å². The van der Waals surface area contributed by atoms with E-state index in [2.05, 4.69) is 4.98 Å². The second-order valence-electron chi connectivity index (χ2n) is 4.30. The third-order valence-electron chi connectivity index (χ3n) is 3.09. The van der Waals surface area contributed by atoms with Crippen LogP contribution in [0.15, 0.2) is 18.7 Å². The standard InChI is InChI=1S/C12H18N2O2/c15-12(11-4-2-1-3-5-11)16-9-8-14-7-6-13-10-14/h6-7,10-11H,1-5,8-9H2. The maximum atomic E-state index is 11.7. The molecule has 0 aliphatic heterocycles. The number of esters is 1. The molecule has 4 nitrogen and oxygen atoms in total. The molecule has 0 spiro atoms. The Kier molecular flexibility index (Phi) is 3.97. The molecule has 0 saturated heterocycles. The summed E-state index contributed by atoms with van der Waals surface area (Å²) in [6, 6.07) is 0. The molecule has 1 heterocycles. The van der Waals surface area contributed by atoms with Gasteiger partial charge in [0.1, 0.15) is 6.61 Å². The van der Waals surface area contributed by atoms with E-state index < -0.39 is 0 Å². The zero-order chi connectivity index (χ0) is 11.2. The second-order valence-corrected chi connectivity index (χ2v) is 4.30. The maximum Gasteiger partial charge on any atom is 0.308 e. The van der Waals surface area contributed by atoms with E-state index >= 15 is 0 Å². The Morgan fingerprint density at radius 2 is 2.19 bits per heavy atom. The maximum absolute atomic E-state index is 11.7. The van der Waals surface area contributed by atoms with Gasteiger partial charge in [0.2, 0.25) is 0 Å². The zero-order valence-electron chi connectivity index (χ0n) is 9.47. The van der Waals surface area contributed by atoms with E-state index in [1.165, 1.54) is 19.3 Å². The first kappa shape index (κ1) is 11.2. The van der Waals surface area contributed by atoms with Crippen LogP contribution in [-0.4, -0.2) is 22.1 Å². The van der Waals surface area contributed by atoms with Gasteiger partial charge in [0.25, 0.3) is 0 Å². The highest BCUT2D eigenvalue weighted by molar-refractivity contribution is 5.72. The molecule has 4 heteroatoms. The molecule has 1 aromatic rings. The summed E-state index contributed by atoms with van der Waals surface area (Å²) in [5.41, 5.74) is 0. The lowest BCUT2D eigenvalue weighted by molar-refractivity contribution is -0.149. The summed E-state index contributed by atoms with van der Waals surface area (Å²) in [6.45, 7) is 1.14. The molecule has 0 N–H and O–H groups in total. The van der Waals surface area contributed by atoms with Gasteiger partial charge in [-0.15, -0.1) is 0 Å². The van der Waals surface area contributed by atoms with Gasteiger partial charge >= 0.3 is 5.97 Å². The summed E-state index contributed by atoms with van der Waals surface area (Å²) in [5.74, 6) is 0.136. The first-order valence-corrected chi connectivity index (χ1v) is 5.98. The minimum Gasteiger partial charge on any atom is -0.464 e. The predicted octanol–water partition coefficient (Wildman–Crippen LogP) is 2.01. The third-order valence-corrected chi connectivity index (χ3v) is 3.09. The van der Waals surface area contributed by atoms with Crippen molar-refractivity contribution >= 4 is 5.97 Å². The van der Waals surface area contributed by atoms with Crippen LogP contribution in [0.25, 0.3) is 0 Å². The largest absolute Gasteiger partial charge is 0.464 e. The summed E-state index contributed by atoms with van der Waals surface area (Å²) < 4.78 is 7.18. The van der Waals surface area contributed by atoms with Crippen LogP contribution in [0.4, 0.5) is 0 Å². The van der Waals surface area contributed by atoms with E-state index in [-0.39, 0.29) is 11.9 Å². The van der Waals surface area contributed by atoms with E-state index in [9.17, 15) is 4.79 Å². The van der Waals surface area contributed by atoms with Crippen LogP contribution in [0.5, 0.6) is 0 Å². The second kappa shape index (κ2) is 5.68. The van der Waals surface area contributed by atoms with E-state index in [1.54, 1.807) is 12.5 Å². The van der Waals surface area contributed by atoms with Crippen LogP contribution in [-0.2, 0) is 16.1 Å². The number of nitrogens with zero attached hydrogens (tertiary/aromatic N) is 2. The van der Waals surface area contributed by atoms with E-state index in [1.807, 2.05) is 10.8 Å². The SMILES string of the molecule is O=C(OCCn1ccnc1)C1CCCCC1. The molecular weight excluding hydrogens is 204 g/mol. The summed E-state index contributed by atoms with van der Waals surface area (Å²) in [7, 11) is 0. The molecule has 1 aliphatic rings. The highest BCUT2D eigenvalue weighted by Crippen LogP contribution is 2.24. The Morgan fingerprint density at radius 1 is 1.38 bits per heavy atom. The van der Waals surface area contributed by atoms with Gasteiger partial charge in [0, 0.05) is 12.4 Å². The minimum absolute atomic E-state index is 0.0141. The number of carbonyl (C=O) groups is 1. The van der Waals surface area contributed by atoms with Crippen molar-refractivity contribution in [3.8, 4) is 0 Å². The van der Waals surface area contributed by atoms with Crippen molar-refractivity contribution in [1.29, 1.82) is 0 Å². The third kappa shape index (κ3) is 3.08. The lowest BCUT2D eigenvalue weighted by Crippen LogP contribution is -2.21. The summed E-state index contributed by atoms with van der Waals surface area (Å²) in [5, 5.41) is 0. The number of ether oxygens (including phenoxy) is 1. The quantitative estimate of drug-likeness (QED) is 0.732. The first-order valence-electron chi connectivity index (χ1n) is 5.98. The van der Waals surface area contributed by atoms with Crippen molar-refractivity contribution in [1.82, 2.24) is 9.55 Å².